The largest absolute Gasteiger partial charge is 0.548 e. The van der Waals surface area contributed by atoms with E-state index in [0.29, 0.717) is 20.5 Å². The van der Waals surface area contributed by atoms with Crippen LogP contribution >= 0.6 is 47.2 Å². The monoisotopic (exact) mass is 402 g/mol. The lowest BCUT2D eigenvalue weighted by Crippen LogP contribution is -2.50. The number of carbonyl (C=O) groups is 2. The molecule has 4 nitrogen and oxygen atoms in total. The zero-order chi connectivity index (χ0) is 18.0. The van der Waals surface area contributed by atoms with E-state index in [-0.39, 0.29) is 16.7 Å². The fourth-order valence-corrected chi connectivity index (χ4v) is 4.07. The molecule has 1 aromatic rings. The lowest BCUT2D eigenvalue weighted by atomic mass is 10.0. The Morgan fingerprint density at radius 1 is 1.42 bits per heavy atom. The lowest BCUT2D eigenvalue weighted by Gasteiger charge is -2.28. The number of rotatable bonds is 5. The van der Waals surface area contributed by atoms with Gasteiger partial charge in [-0.1, -0.05) is 67.1 Å². The van der Waals surface area contributed by atoms with Gasteiger partial charge in [0.1, 0.15) is 4.32 Å². The first-order chi connectivity index (χ1) is 11.2. The topological polar surface area (TPSA) is 60.4 Å². The number of benzene rings is 1. The summed E-state index contributed by atoms with van der Waals surface area (Å²) in [5.74, 6) is -1.69. The van der Waals surface area contributed by atoms with Crippen LogP contribution in [0.3, 0.4) is 0 Å². The summed E-state index contributed by atoms with van der Waals surface area (Å²) in [7, 11) is 0. The van der Waals surface area contributed by atoms with Crippen molar-refractivity contribution in [2.24, 2.45) is 5.92 Å². The second kappa shape index (κ2) is 7.87. The van der Waals surface area contributed by atoms with E-state index >= 15 is 0 Å². The van der Waals surface area contributed by atoms with Gasteiger partial charge in [0.2, 0.25) is 0 Å². The van der Waals surface area contributed by atoms with Gasteiger partial charge in [-0.2, -0.15) is 0 Å². The number of halogens is 2. The van der Waals surface area contributed by atoms with E-state index in [0.717, 1.165) is 16.7 Å². The molecule has 0 unspecified atom stereocenters. The Hall–Kier alpha value is -1.08. The molecule has 0 aromatic heterocycles. The average Bonchev–Trinajstić information content (AvgIpc) is 2.74. The third kappa shape index (κ3) is 4.30. The minimum atomic E-state index is -1.31. The van der Waals surface area contributed by atoms with E-state index in [1.165, 1.54) is 0 Å². The first-order valence-corrected chi connectivity index (χ1v) is 9.11. The molecular formula is C16H14Cl2NO3S2-. The number of nitrogens with zero attached hydrogens (tertiary/aromatic N) is 1. The van der Waals surface area contributed by atoms with Crippen LogP contribution in [-0.4, -0.2) is 27.1 Å². The maximum Gasteiger partial charge on any atom is 0.266 e. The first kappa shape index (κ1) is 19.2. The molecule has 1 aliphatic heterocycles. The van der Waals surface area contributed by atoms with Crippen LogP contribution < -0.4 is 5.11 Å². The minimum absolute atomic E-state index is 0.0761. The standard InChI is InChI=1S/C16H15Cl2NO3S2/c1-8(2)5-12(15(21)22)19-14(20)13(24-16(19)23)6-9-3-4-10(17)7-11(9)18/h3-4,6-8,12H,5H2,1-2H3,(H,21,22)/p-1/b13-6+/t12-/m1/s1. The van der Waals surface area contributed by atoms with E-state index in [1.54, 1.807) is 24.3 Å². The van der Waals surface area contributed by atoms with Crippen molar-refractivity contribution >= 4 is 69.5 Å². The minimum Gasteiger partial charge on any atom is -0.548 e. The van der Waals surface area contributed by atoms with Crippen LogP contribution in [0.5, 0.6) is 0 Å². The molecule has 1 fully saturated rings. The maximum absolute atomic E-state index is 12.6. The maximum atomic E-state index is 12.6. The van der Waals surface area contributed by atoms with E-state index in [4.69, 9.17) is 35.4 Å². The molecule has 0 radical (unpaired) electrons. The van der Waals surface area contributed by atoms with Gasteiger partial charge >= 0.3 is 0 Å². The van der Waals surface area contributed by atoms with Crippen LogP contribution in [0.25, 0.3) is 6.08 Å². The Morgan fingerprint density at radius 2 is 2.08 bits per heavy atom. The number of carboxylic acid groups (broad SMARTS) is 1. The molecule has 2 rings (SSSR count). The van der Waals surface area contributed by atoms with Crippen molar-refractivity contribution in [1.29, 1.82) is 0 Å². The third-order valence-corrected chi connectivity index (χ3v) is 5.24. The molecule has 1 aliphatic rings. The van der Waals surface area contributed by atoms with Gasteiger partial charge in [0.25, 0.3) is 5.91 Å². The van der Waals surface area contributed by atoms with Gasteiger partial charge in [-0.3, -0.25) is 9.69 Å². The van der Waals surface area contributed by atoms with E-state index in [1.807, 2.05) is 13.8 Å². The molecule has 1 saturated heterocycles. The van der Waals surface area contributed by atoms with Gasteiger partial charge in [0.05, 0.1) is 16.9 Å². The van der Waals surface area contributed by atoms with Crippen LogP contribution in [0, 0.1) is 5.92 Å². The number of hydrogen-bond acceptors (Lipinski definition) is 5. The summed E-state index contributed by atoms with van der Waals surface area (Å²) in [6.45, 7) is 3.74. The number of carbonyl (C=O) groups excluding carboxylic acids is 2. The third-order valence-electron chi connectivity index (χ3n) is 3.35. The highest BCUT2D eigenvalue weighted by molar-refractivity contribution is 8.26. The molecule has 1 heterocycles. The van der Waals surface area contributed by atoms with E-state index < -0.39 is 17.9 Å². The van der Waals surface area contributed by atoms with Crippen molar-refractivity contribution in [3.8, 4) is 0 Å². The normalized spacial score (nSPS) is 17.9. The average molecular weight is 403 g/mol. The van der Waals surface area contributed by atoms with Gasteiger partial charge in [0.15, 0.2) is 0 Å². The van der Waals surface area contributed by atoms with Crippen LogP contribution in [0.1, 0.15) is 25.8 Å². The summed E-state index contributed by atoms with van der Waals surface area (Å²) >= 11 is 18.2. The number of aliphatic carboxylic acids is 1. The number of amides is 1. The Bertz CT molecular complexity index is 734. The van der Waals surface area contributed by atoms with Crippen LogP contribution in [0.15, 0.2) is 23.1 Å². The van der Waals surface area contributed by atoms with E-state index in [2.05, 4.69) is 0 Å². The predicted octanol–water partition coefficient (Wildman–Crippen LogP) is 3.36. The van der Waals surface area contributed by atoms with Crippen molar-refractivity contribution in [1.82, 2.24) is 4.90 Å². The molecule has 8 heteroatoms. The molecule has 1 atom stereocenters. The van der Waals surface area contributed by atoms with Crippen LogP contribution in [0.2, 0.25) is 10.0 Å². The fourth-order valence-electron chi connectivity index (χ4n) is 2.26. The number of thioether (sulfide) groups is 1. The first-order valence-electron chi connectivity index (χ1n) is 7.13. The Morgan fingerprint density at radius 3 is 2.62 bits per heavy atom. The summed E-state index contributed by atoms with van der Waals surface area (Å²) < 4.78 is 0.200. The zero-order valence-electron chi connectivity index (χ0n) is 12.9. The Kier molecular flexibility index (Phi) is 6.31. The Labute approximate surface area is 159 Å². The number of thiocarbonyl (C=S) groups is 1. The molecule has 1 amide bonds. The van der Waals surface area contributed by atoms with Gasteiger partial charge in [-0.25, -0.2) is 0 Å². The summed E-state index contributed by atoms with van der Waals surface area (Å²) in [5, 5.41) is 12.3. The summed E-state index contributed by atoms with van der Waals surface area (Å²) in [6, 6.07) is 3.83. The van der Waals surface area contributed by atoms with Crippen molar-refractivity contribution < 1.29 is 14.7 Å². The highest BCUT2D eigenvalue weighted by Gasteiger charge is 2.38. The molecule has 0 aliphatic carbocycles. The summed E-state index contributed by atoms with van der Waals surface area (Å²) in [4.78, 5) is 25.5. The number of hydrogen-bond donors (Lipinski definition) is 0. The molecule has 24 heavy (non-hydrogen) atoms. The Balaban J connectivity index is 2.33. The zero-order valence-corrected chi connectivity index (χ0v) is 16.1. The second-order valence-electron chi connectivity index (χ2n) is 5.68. The van der Waals surface area contributed by atoms with Gasteiger partial charge in [-0.05, 0) is 36.1 Å². The second-order valence-corrected chi connectivity index (χ2v) is 8.20. The highest BCUT2D eigenvalue weighted by atomic mass is 35.5. The number of carboxylic acids is 1. The quantitative estimate of drug-likeness (QED) is 0.558. The van der Waals surface area contributed by atoms with Gasteiger partial charge < -0.3 is 9.90 Å². The molecule has 0 bridgehead atoms. The lowest BCUT2D eigenvalue weighted by molar-refractivity contribution is -0.310. The van der Waals surface area contributed by atoms with E-state index in [9.17, 15) is 14.7 Å². The smallest absolute Gasteiger partial charge is 0.266 e. The molecule has 0 N–H and O–H groups in total. The van der Waals surface area contributed by atoms with Crippen LogP contribution in [0.4, 0.5) is 0 Å². The molecule has 0 saturated carbocycles. The summed E-state index contributed by atoms with van der Waals surface area (Å²) in [6.07, 6.45) is 1.85. The van der Waals surface area contributed by atoms with Crippen molar-refractivity contribution in [2.75, 3.05) is 0 Å². The molecular weight excluding hydrogens is 389 g/mol. The van der Waals surface area contributed by atoms with Gasteiger partial charge in [-0.15, -0.1) is 0 Å². The highest BCUT2D eigenvalue weighted by Crippen LogP contribution is 2.36. The van der Waals surface area contributed by atoms with Crippen molar-refractivity contribution in [3.63, 3.8) is 0 Å². The van der Waals surface area contributed by atoms with Crippen molar-refractivity contribution in [3.05, 3.63) is 38.7 Å². The van der Waals surface area contributed by atoms with Gasteiger partial charge in [0, 0.05) is 10.0 Å². The molecule has 128 valence electrons. The fraction of sp³-hybridized carbons (Fsp3) is 0.312. The summed E-state index contributed by atoms with van der Waals surface area (Å²) in [5.41, 5.74) is 0.607. The predicted molar refractivity (Wildman–Crippen MR) is 99.7 cm³/mol. The molecule has 1 aromatic carbocycles. The SMILES string of the molecule is CC(C)C[C@H](C(=O)[O-])N1C(=O)/C(=C\c2ccc(Cl)cc2Cl)SC1=S. The van der Waals surface area contributed by atoms with Crippen molar-refractivity contribution in [2.45, 2.75) is 26.3 Å². The van der Waals surface area contributed by atoms with Crippen LogP contribution in [-0.2, 0) is 9.59 Å². The molecule has 0 spiro atoms.